The maximum Gasteiger partial charge on any atom is 0.410 e. The van der Waals surface area contributed by atoms with Crippen molar-refractivity contribution in [2.45, 2.75) is 77.0 Å². The molecular weight excluding hydrogens is 484 g/mol. The van der Waals surface area contributed by atoms with Gasteiger partial charge >= 0.3 is 6.09 Å². The summed E-state index contributed by atoms with van der Waals surface area (Å²) in [7, 11) is -4.05. The summed E-state index contributed by atoms with van der Waals surface area (Å²) in [5.74, 6) is -1.03. The summed E-state index contributed by atoms with van der Waals surface area (Å²) < 4.78 is 32.9. The third kappa shape index (κ3) is 6.37. The van der Waals surface area contributed by atoms with Crippen LogP contribution >= 0.6 is 0 Å². The van der Waals surface area contributed by atoms with Gasteiger partial charge in [-0.1, -0.05) is 31.5 Å². The molecule has 0 saturated carbocycles. The lowest BCUT2D eigenvalue weighted by Gasteiger charge is -2.44. The van der Waals surface area contributed by atoms with E-state index in [1.807, 2.05) is 41.5 Å². The SMILES string of the molecule is Cc1ccc(S(=O)(=O)N2C=CNC(=O)C2CC(=O)NC2CCN(C(=O)OC(C)(C)C)CC2(C)C)cc1. The van der Waals surface area contributed by atoms with Gasteiger partial charge < -0.3 is 20.3 Å². The van der Waals surface area contributed by atoms with E-state index in [1.165, 1.54) is 24.5 Å². The number of likely N-dealkylation sites (tertiary alicyclic amines) is 1. The summed E-state index contributed by atoms with van der Waals surface area (Å²) in [4.78, 5) is 39.8. The number of amides is 3. The first-order valence-corrected chi connectivity index (χ1v) is 13.4. The van der Waals surface area contributed by atoms with Crippen molar-refractivity contribution < 1.29 is 27.5 Å². The predicted molar refractivity (Wildman–Crippen MR) is 134 cm³/mol. The fraction of sp³-hybridized carbons (Fsp3) is 0.560. The Morgan fingerprint density at radius 1 is 1.19 bits per heavy atom. The van der Waals surface area contributed by atoms with Gasteiger partial charge in [-0.15, -0.1) is 0 Å². The van der Waals surface area contributed by atoms with Crippen molar-refractivity contribution in [3.05, 3.63) is 42.2 Å². The third-order valence-corrected chi connectivity index (χ3v) is 8.05. The molecule has 3 rings (SSSR count). The Bertz CT molecular complexity index is 1140. The van der Waals surface area contributed by atoms with Gasteiger partial charge in [0.25, 0.3) is 10.0 Å². The highest BCUT2D eigenvalue weighted by Gasteiger charge is 2.41. The number of hydrogen-bond donors (Lipinski definition) is 2. The normalized spacial score (nSPS) is 22.1. The molecule has 0 bridgehead atoms. The zero-order valence-electron chi connectivity index (χ0n) is 21.7. The number of nitrogens with zero attached hydrogens (tertiary/aromatic N) is 2. The van der Waals surface area contributed by atoms with E-state index in [4.69, 9.17) is 4.74 Å². The number of aryl methyl sites for hydroxylation is 1. The van der Waals surface area contributed by atoms with Crippen LogP contribution in [0.2, 0.25) is 0 Å². The van der Waals surface area contributed by atoms with Crippen LogP contribution in [-0.4, -0.2) is 66.3 Å². The average molecular weight is 521 g/mol. The Balaban J connectivity index is 1.69. The lowest BCUT2D eigenvalue weighted by atomic mass is 9.79. The van der Waals surface area contributed by atoms with E-state index < -0.39 is 45.0 Å². The lowest BCUT2D eigenvalue weighted by molar-refractivity contribution is -0.130. The number of sulfonamides is 1. The first kappa shape index (κ1) is 27.5. The molecule has 1 aromatic rings. The van der Waals surface area contributed by atoms with Gasteiger partial charge in [0.2, 0.25) is 11.8 Å². The molecule has 2 aliphatic rings. The molecule has 0 aliphatic carbocycles. The van der Waals surface area contributed by atoms with Gasteiger partial charge in [0.05, 0.1) is 11.3 Å². The number of hydrogen-bond acceptors (Lipinski definition) is 6. The zero-order valence-corrected chi connectivity index (χ0v) is 22.5. The van der Waals surface area contributed by atoms with Gasteiger partial charge in [-0.2, -0.15) is 0 Å². The highest BCUT2D eigenvalue weighted by atomic mass is 32.2. The molecule has 2 N–H and O–H groups in total. The van der Waals surface area contributed by atoms with Crippen LogP contribution in [-0.2, 0) is 24.3 Å². The number of nitrogens with one attached hydrogen (secondary N) is 2. The fourth-order valence-corrected chi connectivity index (χ4v) is 5.76. The van der Waals surface area contributed by atoms with Gasteiger partial charge in [-0.05, 0) is 46.2 Å². The lowest BCUT2D eigenvalue weighted by Crippen LogP contribution is -2.58. The molecule has 36 heavy (non-hydrogen) atoms. The van der Waals surface area contributed by atoms with Gasteiger partial charge in [0.1, 0.15) is 11.6 Å². The van der Waals surface area contributed by atoms with Crippen LogP contribution in [0.1, 0.15) is 53.0 Å². The zero-order chi connectivity index (χ0) is 26.9. The number of carbonyl (C=O) groups excluding carboxylic acids is 3. The molecule has 2 heterocycles. The van der Waals surface area contributed by atoms with Gasteiger partial charge in [-0.3, -0.25) is 13.9 Å². The van der Waals surface area contributed by atoms with Crippen LogP contribution in [0, 0.1) is 12.3 Å². The van der Waals surface area contributed by atoms with Crippen LogP contribution in [0.4, 0.5) is 4.79 Å². The van der Waals surface area contributed by atoms with E-state index in [0.717, 1.165) is 9.87 Å². The highest BCUT2D eigenvalue weighted by Crippen LogP contribution is 2.31. The van der Waals surface area contributed by atoms with E-state index >= 15 is 0 Å². The second-order valence-electron chi connectivity index (χ2n) is 11.0. The molecule has 11 heteroatoms. The number of carbonyl (C=O) groups is 3. The Morgan fingerprint density at radius 2 is 1.83 bits per heavy atom. The van der Waals surface area contributed by atoms with E-state index in [9.17, 15) is 22.8 Å². The van der Waals surface area contributed by atoms with E-state index in [-0.39, 0.29) is 17.4 Å². The molecule has 1 aromatic carbocycles. The molecule has 0 aromatic heterocycles. The van der Waals surface area contributed by atoms with Crippen LogP contribution in [0.3, 0.4) is 0 Å². The molecule has 198 valence electrons. The maximum atomic E-state index is 13.2. The average Bonchev–Trinajstić information content (AvgIpc) is 2.75. The summed E-state index contributed by atoms with van der Waals surface area (Å²) in [6.07, 6.45) is 2.27. The monoisotopic (exact) mass is 520 g/mol. The molecule has 10 nitrogen and oxygen atoms in total. The van der Waals surface area contributed by atoms with Crippen LogP contribution in [0.5, 0.6) is 0 Å². The Kier molecular flexibility index (Phi) is 7.73. The van der Waals surface area contributed by atoms with Crippen molar-refractivity contribution in [2.75, 3.05) is 13.1 Å². The van der Waals surface area contributed by atoms with Gasteiger partial charge in [-0.25, -0.2) is 13.2 Å². The Labute approximate surface area is 213 Å². The molecule has 2 unspecified atom stereocenters. The Morgan fingerprint density at radius 3 is 2.42 bits per heavy atom. The molecule has 1 fully saturated rings. The van der Waals surface area contributed by atoms with Crippen molar-refractivity contribution in [2.24, 2.45) is 5.41 Å². The smallest absolute Gasteiger partial charge is 0.410 e. The van der Waals surface area contributed by atoms with Crippen molar-refractivity contribution >= 4 is 27.9 Å². The molecule has 3 amide bonds. The minimum Gasteiger partial charge on any atom is -0.444 e. The predicted octanol–water partition coefficient (Wildman–Crippen LogP) is 2.50. The quantitative estimate of drug-likeness (QED) is 0.615. The Hall–Kier alpha value is -3.08. The van der Waals surface area contributed by atoms with Crippen molar-refractivity contribution in [3.8, 4) is 0 Å². The van der Waals surface area contributed by atoms with Gasteiger partial charge in [0, 0.05) is 36.9 Å². The molecular formula is C25H36N4O6S. The molecule has 1 saturated heterocycles. The van der Waals surface area contributed by atoms with E-state index in [2.05, 4.69) is 10.6 Å². The largest absolute Gasteiger partial charge is 0.444 e. The highest BCUT2D eigenvalue weighted by molar-refractivity contribution is 7.89. The van der Waals surface area contributed by atoms with Crippen molar-refractivity contribution in [1.29, 1.82) is 0 Å². The minimum absolute atomic E-state index is 0.0357. The van der Waals surface area contributed by atoms with E-state index in [0.29, 0.717) is 19.5 Å². The number of piperidine rings is 1. The number of benzene rings is 1. The number of ether oxygens (including phenoxy) is 1. The van der Waals surface area contributed by atoms with Gasteiger partial charge in [0.15, 0.2) is 0 Å². The van der Waals surface area contributed by atoms with Crippen LogP contribution < -0.4 is 10.6 Å². The number of rotatable bonds is 5. The third-order valence-electron chi connectivity index (χ3n) is 6.25. The van der Waals surface area contributed by atoms with Crippen LogP contribution in [0.15, 0.2) is 41.6 Å². The van der Waals surface area contributed by atoms with Crippen LogP contribution in [0.25, 0.3) is 0 Å². The summed E-state index contributed by atoms with van der Waals surface area (Å²) in [5.41, 5.74) is -0.170. The standard InChI is InChI=1S/C25H36N4O6S/c1-17-7-9-18(10-8-17)36(33,34)29-14-12-26-22(31)19(29)15-21(30)27-20-11-13-28(16-25(20,5)6)23(32)35-24(2,3)4/h7-10,12,14,19-20H,11,13,15-16H2,1-6H3,(H,26,31)(H,27,30). The molecule has 0 radical (unpaired) electrons. The summed E-state index contributed by atoms with van der Waals surface area (Å²) in [6.45, 7) is 11.9. The first-order valence-electron chi connectivity index (χ1n) is 11.9. The van der Waals surface area contributed by atoms with Crippen molar-refractivity contribution in [1.82, 2.24) is 19.8 Å². The molecule has 2 atom stereocenters. The second-order valence-corrected chi connectivity index (χ2v) is 12.8. The summed E-state index contributed by atoms with van der Waals surface area (Å²) >= 11 is 0. The first-order chi connectivity index (χ1) is 16.6. The molecule has 0 spiro atoms. The van der Waals surface area contributed by atoms with E-state index in [1.54, 1.807) is 17.0 Å². The summed E-state index contributed by atoms with van der Waals surface area (Å²) in [5, 5.41) is 5.45. The summed E-state index contributed by atoms with van der Waals surface area (Å²) in [6, 6.07) is 4.80. The molecule has 2 aliphatic heterocycles. The van der Waals surface area contributed by atoms with Crippen molar-refractivity contribution in [3.63, 3.8) is 0 Å². The topological polar surface area (TPSA) is 125 Å². The second kappa shape index (κ2) is 10.1. The maximum absolute atomic E-state index is 13.2. The minimum atomic E-state index is -4.05. The fourth-order valence-electron chi connectivity index (χ4n) is 4.31.